The van der Waals surface area contributed by atoms with Crippen LogP contribution in [0.15, 0.2) is 64.6 Å². The number of morpholine rings is 1. The summed E-state index contributed by atoms with van der Waals surface area (Å²) in [6.07, 6.45) is 1.64. The van der Waals surface area contributed by atoms with Crippen molar-refractivity contribution in [3.8, 4) is 16.9 Å². The molecule has 3 amide bonds. The van der Waals surface area contributed by atoms with Gasteiger partial charge in [0.25, 0.3) is 5.91 Å². The van der Waals surface area contributed by atoms with Crippen LogP contribution in [0.2, 0.25) is 0 Å². The van der Waals surface area contributed by atoms with Gasteiger partial charge in [0.05, 0.1) is 13.2 Å². The Balaban J connectivity index is 1.31. The molecule has 3 heterocycles. The molecular weight excluding hydrogens is 520 g/mol. The maximum absolute atomic E-state index is 12.9. The van der Waals surface area contributed by atoms with Gasteiger partial charge in [-0.05, 0) is 42.8 Å². The van der Waals surface area contributed by atoms with E-state index in [-0.39, 0.29) is 5.91 Å². The van der Waals surface area contributed by atoms with Gasteiger partial charge < -0.3 is 19.3 Å². The molecule has 0 radical (unpaired) electrons. The van der Waals surface area contributed by atoms with E-state index in [0.717, 1.165) is 44.0 Å². The smallest absolute Gasteiger partial charge is 0.324 e. The lowest BCUT2D eigenvalue weighted by atomic mass is 10.0. The second kappa shape index (κ2) is 12.5. The van der Waals surface area contributed by atoms with Gasteiger partial charge in [-0.15, -0.1) is 11.3 Å². The largest absolute Gasteiger partial charge is 0.492 e. The lowest BCUT2D eigenvalue weighted by molar-refractivity contribution is 0.0323. The van der Waals surface area contributed by atoms with Gasteiger partial charge in [-0.2, -0.15) is 0 Å². The van der Waals surface area contributed by atoms with Crippen LogP contribution in [0.25, 0.3) is 11.1 Å². The number of carbonyl (C=O) groups excluding carboxylic acids is 2. The van der Waals surface area contributed by atoms with Crippen LogP contribution in [-0.4, -0.2) is 66.4 Å². The van der Waals surface area contributed by atoms with Crippen molar-refractivity contribution in [2.24, 2.45) is 0 Å². The molecule has 5 rings (SSSR count). The molecule has 39 heavy (non-hydrogen) atoms. The molecular formula is C27H28N6O5S. The van der Waals surface area contributed by atoms with E-state index in [4.69, 9.17) is 14.0 Å². The molecule has 0 bridgehead atoms. The van der Waals surface area contributed by atoms with Crippen LogP contribution < -0.4 is 20.7 Å². The normalized spacial score (nSPS) is 13.6. The maximum atomic E-state index is 12.9. The zero-order valence-electron chi connectivity index (χ0n) is 21.3. The third kappa shape index (κ3) is 7.19. The van der Waals surface area contributed by atoms with E-state index in [9.17, 15) is 9.59 Å². The Morgan fingerprint density at radius 3 is 2.59 bits per heavy atom. The number of amides is 3. The number of nitrogens with zero attached hydrogens (tertiary/aromatic N) is 3. The predicted molar refractivity (Wildman–Crippen MR) is 149 cm³/mol. The minimum Gasteiger partial charge on any atom is -0.492 e. The Bertz CT molecular complexity index is 1400. The lowest BCUT2D eigenvalue weighted by Gasteiger charge is -2.26. The predicted octanol–water partition coefficient (Wildman–Crippen LogP) is 4.71. The van der Waals surface area contributed by atoms with Crippen LogP contribution in [0.3, 0.4) is 0 Å². The summed E-state index contributed by atoms with van der Waals surface area (Å²) < 4.78 is 16.6. The Labute approximate surface area is 229 Å². The molecule has 1 saturated heterocycles. The summed E-state index contributed by atoms with van der Waals surface area (Å²) in [6, 6.07) is 13.8. The van der Waals surface area contributed by atoms with E-state index < -0.39 is 6.03 Å². The molecule has 1 aliphatic rings. The Morgan fingerprint density at radius 1 is 1.05 bits per heavy atom. The Kier molecular flexibility index (Phi) is 8.46. The van der Waals surface area contributed by atoms with E-state index >= 15 is 0 Å². The van der Waals surface area contributed by atoms with E-state index in [0.29, 0.717) is 40.3 Å². The van der Waals surface area contributed by atoms with Crippen LogP contribution in [0.4, 0.5) is 21.4 Å². The maximum Gasteiger partial charge on any atom is 0.324 e. The van der Waals surface area contributed by atoms with Crippen LogP contribution in [0.5, 0.6) is 5.75 Å². The molecule has 0 spiro atoms. The first-order valence-corrected chi connectivity index (χ1v) is 13.3. The number of rotatable bonds is 9. The highest BCUT2D eigenvalue weighted by molar-refractivity contribution is 7.13. The van der Waals surface area contributed by atoms with E-state index in [1.165, 1.54) is 11.3 Å². The number of nitrogens with one attached hydrogen (secondary N) is 3. The van der Waals surface area contributed by atoms with Crippen molar-refractivity contribution in [1.82, 2.24) is 15.0 Å². The highest BCUT2D eigenvalue weighted by Crippen LogP contribution is 2.32. The molecule has 12 heteroatoms. The van der Waals surface area contributed by atoms with Crippen molar-refractivity contribution in [3.63, 3.8) is 0 Å². The van der Waals surface area contributed by atoms with Crippen molar-refractivity contribution in [3.05, 3.63) is 71.4 Å². The van der Waals surface area contributed by atoms with Gasteiger partial charge in [-0.3, -0.25) is 20.3 Å². The summed E-state index contributed by atoms with van der Waals surface area (Å²) in [5.41, 5.74) is 2.66. The molecule has 0 atom stereocenters. The molecule has 0 unspecified atom stereocenters. The fraction of sp³-hybridized carbons (Fsp3) is 0.259. The molecule has 3 N–H and O–H groups in total. The van der Waals surface area contributed by atoms with Crippen LogP contribution in [0, 0.1) is 6.92 Å². The van der Waals surface area contributed by atoms with Crippen molar-refractivity contribution < 1.29 is 23.6 Å². The average molecular weight is 549 g/mol. The number of aromatic nitrogens is 2. The van der Waals surface area contributed by atoms with Gasteiger partial charge >= 0.3 is 6.03 Å². The van der Waals surface area contributed by atoms with Gasteiger partial charge in [-0.25, -0.2) is 9.78 Å². The fourth-order valence-electron chi connectivity index (χ4n) is 4.02. The van der Waals surface area contributed by atoms with Crippen molar-refractivity contribution >= 4 is 39.9 Å². The topological polar surface area (TPSA) is 131 Å². The first-order chi connectivity index (χ1) is 19.0. The number of benzene rings is 2. The van der Waals surface area contributed by atoms with E-state index in [2.05, 4.69) is 31.0 Å². The summed E-state index contributed by atoms with van der Waals surface area (Å²) in [5, 5.41) is 14.3. The van der Waals surface area contributed by atoms with Crippen molar-refractivity contribution in [2.75, 3.05) is 55.4 Å². The molecule has 1 aliphatic heterocycles. The second-order valence-electron chi connectivity index (χ2n) is 8.78. The zero-order chi connectivity index (χ0) is 27.0. The number of urea groups is 1. The standard InChI is InChI=1S/C27H28N6O5S/c1-18-16-24(32-38-18)30-26(35)29-21-5-2-19(3-6-21)22-17-20(25(34)31-27-28-8-15-39-27)4-7-23(22)37-14-11-33-9-12-36-13-10-33/h2-8,15-17H,9-14H2,1H3,(H,28,31,34)(H2,29,30,32,35). The molecule has 2 aromatic heterocycles. The van der Waals surface area contributed by atoms with Crippen LogP contribution >= 0.6 is 11.3 Å². The summed E-state index contributed by atoms with van der Waals surface area (Å²) >= 11 is 1.35. The second-order valence-corrected chi connectivity index (χ2v) is 9.68. The number of ether oxygens (including phenoxy) is 2. The fourth-order valence-corrected chi connectivity index (χ4v) is 4.55. The molecule has 0 aliphatic carbocycles. The Hall–Kier alpha value is -4.26. The minimum atomic E-state index is -0.441. The van der Waals surface area contributed by atoms with Crippen LogP contribution in [0.1, 0.15) is 16.1 Å². The number of hydrogen-bond acceptors (Lipinski definition) is 9. The molecule has 11 nitrogen and oxygen atoms in total. The number of anilines is 3. The van der Waals surface area contributed by atoms with Gasteiger partial charge in [0, 0.05) is 54.1 Å². The molecule has 202 valence electrons. The van der Waals surface area contributed by atoms with Gasteiger partial charge in [0.15, 0.2) is 10.9 Å². The summed E-state index contributed by atoms with van der Waals surface area (Å²) in [5.74, 6) is 1.33. The molecule has 1 fully saturated rings. The Morgan fingerprint density at radius 2 is 1.87 bits per heavy atom. The first kappa shape index (κ1) is 26.4. The van der Waals surface area contributed by atoms with Gasteiger partial charge in [0.2, 0.25) is 0 Å². The zero-order valence-corrected chi connectivity index (χ0v) is 22.1. The number of aryl methyl sites for hydroxylation is 1. The summed E-state index contributed by atoms with van der Waals surface area (Å²) in [6.45, 7) is 6.23. The molecule has 4 aromatic rings. The number of carbonyl (C=O) groups is 2. The van der Waals surface area contributed by atoms with E-state index in [1.54, 1.807) is 48.8 Å². The average Bonchev–Trinajstić information content (AvgIpc) is 3.61. The highest BCUT2D eigenvalue weighted by atomic mass is 32.1. The third-order valence-electron chi connectivity index (χ3n) is 5.99. The van der Waals surface area contributed by atoms with Crippen LogP contribution in [-0.2, 0) is 4.74 Å². The van der Waals surface area contributed by atoms with Crippen molar-refractivity contribution in [2.45, 2.75) is 6.92 Å². The highest BCUT2D eigenvalue weighted by Gasteiger charge is 2.15. The lowest BCUT2D eigenvalue weighted by Crippen LogP contribution is -2.38. The number of hydrogen-bond donors (Lipinski definition) is 3. The summed E-state index contributed by atoms with van der Waals surface area (Å²) in [7, 11) is 0. The van der Waals surface area contributed by atoms with Crippen molar-refractivity contribution in [1.29, 1.82) is 0 Å². The molecule has 2 aromatic carbocycles. The number of thiazole rings is 1. The monoisotopic (exact) mass is 548 g/mol. The van der Waals surface area contributed by atoms with Gasteiger partial charge in [0.1, 0.15) is 18.1 Å². The van der Waals surface area contributed by atoms with Gasteiger partial charge in [-0.1, -0.05) is 17.3 Å². The first-order valence-electron chi connectivity index (χ1n) is 12.4. The third-order valence-corrected chi connectivity index (χ3v) is 6.68. The summed E-state index contributed by atoms with van der Waals surface area (Å²) in [4.78, 5) is 31.6. The SMILES string of the molecule is Cc1cc(NC(=O)Nc2ccc(-c3cc(C(=O)Nc4nccs4)ccc3OCCN3CCOCC3)cc2)no1. The quantitative estimate of drug-likeness (QED) is 0.274. The van der Waals surface area contributed by atoms with E-state index in [1.807, 2.05) is 18.2 Å². The molecule has 0 saturated carbocycles. The minimum absolute atomic E-state index is 0.260.